The molecule has 8 heavy (non-hydrogen) atoms. The number of hydrogen-bond acceptors (Lipinski definition) is 2. The van der Waals surface area contributed by atoms with Crippen molar-refractivity contribution in [1.82, 2.24) is 11.5 Å². The molecule has 0 aromatic carbocycles. The van der Waals surface area contributed by atoms with Crippen LogP contribution < -0.4 is 11.5 Å². The minimum atomic E-state index is 0. The number of hydrogen-bond donors (Lipinski definition) is 2. The molecular weight excluding hydrogens is 140 g/mol. The Morgan fingerprint density at radius 2 is 2.25 bits per heavy atom. The van der Waals surface area contributed by atoms with Gasteiger partial charge in [-0.15, -0.1) is 0 Å². The second-order valence-electron chi connectivity index (χ2n) is 1.21. The molecule has 0 aromatic heterocycles. The summed E-state index contributed by atoms with van der Waals surface area (Å²) in [7, 11) is 0. The summed E-state index contributed by atoms with van der Waals surface area (Å²) < 4.78 is 0.474. The van der Waals surface area contributed by atoms with Crippen molar-refractivity contribution in [3.05, 3.63) is 0 Å². The van der Waals surface area contributed by atoms with Crippen molar-refractivity contribution < 1.29 is 0 Å². The van der Waals surface area contributed by atoms with Gasteiger partial charge in [-0.05, 0) is 6.42 Å². The maximum Gasteiger partial charge on any atom is 0.0129 e. The molecule has 0 saturated carbocycles. The van der Waals surface area contributed by atoms with Crippen molar-refractivity contribution in [2.75, 3.05) is 6.54 Å². The Balaban J connectivity index is 0. The van der Waals surface area contributed by atoms with Gasteiger partial charge in [-0.2, -0.15) is 0 Å². The average molecular weight is 152 g/mol. The SMILES string of the molecule is CCCNC(=S)[S-].[NH4+]. The van der Waals surface area contributed by atoms with Gasteiger partial charge in [0.15, 0.2) is 0 Å². The van der Waals surface area contributed by atoms with E-state index in [2.05, 4.69) is 37.1 Å². The van der Waals surface area contributed by atoms with Crippen LogP contribution in [-0.2, 0) is 12.6 Å². The number of quaternary nitrogens is 1. The molecule has 0 bridgehead atoms. The van der Waals surface area contributed by atoms with Crippen molar-refractivity contribution in [2.24, 2.45) is 0 Å². The lowest BCUT2D eigenvalue weighted by Gasteiger charge is -2.05. The van der Waals surface area contributed by atoms with Crippen LogP contribution in [0.5, 0.6) is 0 Å². The van der Waals surface area contributed by atoms with Crippen LogP contribution in [0.3, 0.4) is 0 Å². The molecule has 0 aliphatic heterocycles. The third kappa shape index (κ3) is 9.42. The number of thiocarbonyl (C=S) groups is 1. The zero-order chi connectivity index (χ0) is 5.70. The Morgan fingerprint density at radius 3 is 2.38 bits per heavy atom. The lowest BCUT2D eigenvalue weighted by molar-refractivity contribution is 0.855. The Kier molecular flexibility index (Phi) is 9.68. The molecule has 50 valence electrons. The van der Waals surface area contributed by atoms with E-state index in [4.69, 9.17) is 0 Å². The predicted octanol–water partition coefficient (Wildman–Crippen LogP) is 1.19. The van der Waals surface area contributed by atoms with Crippen molar-refractivity contribution in [2.45, 2.75) is 13.3 Å². The summed E-state index contributed by atoms with van der Waals surface area (Å²) in [5.41, 5.74) is 0. The fraction of sp³-hybridized carbons (Fsp3) is 0.750. The fourth-order valence-electron chi connectivity index (χ4n) is 0.227. The third-order valence-electron chi connectivity index (χ3n) is 0.519. The Hall–Kier alpha value is 0.0700. The van der Waals surface area contributed by atoms with Crippen LogP contribution in [0.25, 0.3) is 0 Å². The molecule has 2 nitrogen and oxygen atoms in total. The molecule has 0 unspecified atom stereocenters. The number of nitrogens with one attached hydrogen (secondary N) is 1. The highest BCUT2D eigenvalue weighted by Crippen LogP contribution is 1.69. The van der Waals surface area contributed by atoms with Gasteiger partial charge in [-0.1, -0.05) is 11.2 Å². The van der Waals surface area contributed by atoms with Gasteiger partial charge in [0.05, 0.1) is 0 Å². The molecule has 0 aliphatic rings. The quantitative estimate of drug-likeness (QED) is 0.461. The topological polar surface area (TPSA) is 48.5 Å². The zero-order valence-corrected chi connectivity index (χ0v) is 6.86. The van der Waals surface area contributed by atoms with E-state index in [0.717, 1.165) is 13.0 Å². The standard InChI is InChI=1S/C4H9NS2.H3N/c1-2-3-5-4(6)7;/h2-3H2,1H3,(H2,5,6,7);1H3. The summed E-state index contributed by atoms with van der Waals surface area (Å²) in [6.07, 6.45) is 1.08. The molecule has 0 aliphatic carbocycles. The van der Waals surface area contributed by atoms with Crippen LogP contribution in [-0.4, -0.2) is 10.9 Å². The first kappa shape index (κ1) is 10.9. The molecular formula is C4H12N2S2. The summed E-state index contributed by atoms with van der Waals surface area (Å²) in [6.45, 7) is 2.98. The molecule has 0 rings (SSSR count). The van der Waals surface area contributed by atoms with Gasteiger partial charge in [-0.3, -0.25) is 0 Å². The second-order valence-corrected chi connectivity index (χ2v) is 2.29. The first-order valence-corrected chi connectivity index (χ1v) is 3.04. The van der Waals surface area contributed by atoms with Gasteiger partial charge in [0, 0.05) is 6.54 Å². The van der Waals surface area contributed by atoms with E-state index in [9.17, 15) is 0 Å². The minimum Gasteiger partial charge on any atom is -0.412 e. The highest BCUT2D eigenvalue weighted by atomic mass is 32.1. The Bertz CT molecular complexity index is 65.1. The lowest BCUT2D eigenvalue weighted by atomic mass is 10.5. The molecule has 0 amide bonds. The van der Waals surface area contributed by atoms with E-state index in [0.29, 0.717) is 4.32 Å². The molecule has 0 fully saturated rings. The van der Waals surface area contributed by atoms with Gasteiger partial charge in [0.25, 0.3) is 0 Å². The van der Waals surface area contributed by atoms with Gasteiger partial charge < -0.3 is 36.3 Å². The zero-order valence-electron chi connectivity index (χ0n) is 5.23. The summed E-state index contributed by atoms with van der Waals surface area (Å²) in [5, 5.41) is 2.84. The van der Waals surface area contributed by atoms with Crippen LogP contribution in [0.2, 0.25) is 0 Å². The lowest BCUT2D eigenvalue weighted by Crippen LogP contribution is -2.18. The fourth-order valence-corrected chi connectivity index (χ4v) is 0.431. The van der Waals surface area contributed by atoms with Crippen molar-refractivity contribution >= 4 is 29.2 Å². The van der Waals surface area contributed by atoms with Gasteiger partial charge in [-0.25, -0.2) is 0 Å². The second kappa shape index (κ2) is 7.07. The Morgan fingerprint density at radius 1 is 1.75 bits per heavy atom. The minimum absolute atomic E-state index is 0. The van der Waals surface area contributed by atoms with Crippen molar-refractivity contribution in [3.8, 4) is 0 Å². The van der Waals surface area contributed by atoms with Crippen LogP contribution >= 0.6 is 12.2 Å². The van der Waals surface area contributed by atoms with E-state index in [1.165, 1.54) is 0 Å². The average Bonchev–Trinajstić information content (AvgIpc) is 1.61. The normalized spacial score (nSPS) is 7.12. The molecule has 5 N–H and O–H groups in total. The molecule has 0 radical (unpaired) electrons. The molecule has 0 atom stereocenters. The van der Waals surface area contributed by atoms with Gasteiger partial charge in [0.2, 0.25) is 0 Å². The van der Waals surface area contributed by atoms with Gasteiger partial charge >= 0.3 is 0 Å². The maximum atomic E-state index is 4.56. The van der Waals surface area contributed by atoms with Crippen LogP contribution in [0.1, 0.15) is 13.3 Å². The van der Waals surface area contributed by atoms with Crippen molar-refractivity contribution in [1.29, 1.82) is 0 Å². The first-order chi connectivity index (χ1) is 3.27. The van der Waals surface area contributed by atoms with E-state index in [1.807, 2.05) is 0 Å². The van der Waals surface area contributed by atoms with E-state index in [1.54, 1.807) is 0 Å². The van der Waals surface area contributed by atoms with Crippen molar-refractivity contribution in [3.63, 3.8) is 0 Å². The molecule has 0 saturated heterocycles. The molecule has 0 spiro atoms. The van der Waals surface area contributed by atoms with Gasteiger partial charge in [0.1, 0.15) is 0 Å². The summed E-state index contributed by atoms with van der Waals surface area (Å²) in [5.74, 6) is 0. The van der Waals surface area contributed by atoms with E-state index in [-0.39, 0.29) is 6.15 Å². The smallest absolute Gasteiger partial charge is 0.0129 e. The van der Waals surface area contributed by atoms with E-state index < -0.39 is 0 Å². The van der Waals surface area contributed by atoms with Crippen LogP contribution in [0.4, 0.5) is 0 Å². The molecule has 0 aromatic rings. The highest BCUT2D eigenvalue weighted by Gasteiger charge is 1.71. The summed E-state index contributed by atoms with van der Waals surface area (Å²) in [6, 6.07) is 0. The van der Waals surface area contributed by atoms with Crippen LogP contribution in [0, 0.1) is 0 Å². The summed E-state index contributed by atoms with van der Waals surface area (Å²) >= 11 is 9.13. The number of rotatable bonds is 2. The largest absolute Gasteiger partial charge is 0.412 e. The molecule has 0 heterocycles. The Labute approximate surface area is 61.0 Å². The van der Waals surface area contributed by atoms with E-state index >= 15 is 0 Å². The summed E-state index contributed by atoms with van der Waals surface area (Å²) in [4.78, 5) is 0. The third-order valence-corrected chi connectivity index (χ3v) is 0.808. The highest BCUT2D eigenvalue weighted by molar-refractivity contribution is 8.00. The maximum absolute atomic E-state index is 4.56. The first-order valence-electron chi connectivity index (χ1n) is 2.22. The predicted molar refractivity (Wildman–Crippen MR) is 44.2 cm³/mol. The van der Waals surface area contributed by atoms with Crippen LogP contribution in [0.15, 0.2) is 0 Å². The molecule has 4 heteroatoms. The monoisotopic (exact) mass is 152 g/mol.